The van der Waals surface area contributed by atoms with Crippen LogP contribution in [0.4, 0.5) is 5.69 Å². The predicted molar refractivity (Wildman–Crippen MR) is 97.2 cm³/mol. The highest BCUT2D eigenvalue weighted by molar-refractivity contribution is 5.76. The molecule has 0 radical (unpaired) electrons. The molecule has 1 fully saturated rings. The summed E-state index contributed by atoms with van der Waals surface area (Å²) >= 11 is 0. The first kappa shape index (κ1) is 16.5. The van der Waals surface area contributed by atoms with E-state index in [0.29, 0.717) is 12.0 Å². The van der Waals surface area contributed by atoms with Gasteiger partial charge in [-0.05, 0) is 60.8 Å². The van der Waals surface area contributed by atoms with E-state index in [-0.39, 0.29) is 5.41 Å². The van der Waals surface area contributed by atoms with Gasteiger partial charge in [0.05, 0.1) is 0 Å². The number of ether oxygens (including phenoxy) is 1. The van der Waals surface area contributed by atoms with Crippen LogP contribution in [0.3, 0.4) is 0 Å². The predicted octanol–water partition coefficient (Wildman–Crippen LogP) is 3.87. The number of hydrogen-bond acceptors (Lipinski definition) is 3. The monoisotopic (exact) mass is 314 g/mol. The molecule has 23 heavy (non-hydrogen) atoms. The molecular formula is C20H30N2O. The standard InChI is InChI=1S/C20H30N2O/c1-19(2)7-5-15(6-8-19)17-13-16(3-4-18(17)22)20(14-21)9-11-23-12-10-20/h3-5,13H,6-12,14,21-22H2,1-2H3. The lowest BCUT2D eigenvalue weighted by Gasteiger charge is -2.37. The van der Waals surface area contributed by atoms with E-state index in [1.807, 2.05) is 0 Å². The average Bonchev–Trinajstić information content (AvgIpc) is 2.56. The highest BCUT2D eigenvalue weighted by atomic mass is 16.5. The lowest BCUT2D eigenvalue weighted by atomic mass is 9.72. The van der Waals surface area contributed by atoms with Crippen molar-refractivity contribution in [1.82, 2.24) is 0 Å². The van der Waals surface area contributed by atoms with Crippen LogP contribution in [0, 0.1) is 5.41 Å². The van der Waals surface area contributed by atoms with Gasteiger partial charge >= 0.3 is 0 Å². The lowest BCUT2D eigenvalue weighted by Crippen LogP contribution is -2.40. The quantitative estimate of drug-likeness (QED) is 0.833. The Hall–Kier alpha value is -1.32. The van der Waals surface area contributed by atoms with Crippen molar-refractivity contribution in [1.29, 1.82) is 0 Å². The Labute approximate surface area is 140 Å². The van der Waals surface area contributed by atoms with Crippen LogP contribution in [0.15, 0.2) is 24.3 Å². The maximum Gasteiger partial charge on any atom is 0.0475 e. The minimum Gasteiger partial charge on any atom is -0.398 e. The van der Waals surface area contributed by atoms with E-state index >= 15 is 0 Å². The van der Waals surface area contributed by atoms with Crippen LogP contribution < -0.4 is 11.5 Å². The number of benzene rings is 1. The van der Waals surface area contributed by atoms with E-state index in [2.05, 4.69) is 38.1 Å². The summed E-state index contributed by atoms with van der Waals surface area (Å²) in [6.07, 6.45) is 7.84. The molecule has 0 saturated carbocycles. The van der Waals surface area contributed by atoms with Gasteiger partial charge in [0.1, 0.15) is 0 Å². The van der Waals surface area contributed by atoms with Gasteiger partial charge in [0, 0.05) is 36.4 Å². The molecule has 0 spiro atoms. The summed E-state index contributed by atoms with van der Waals surface area (Å²) in [6.45, 7) is 6.95. The Morgan fingerprint density at radius 3 is 2.48 bits per heavy atom. The van der Waals surface area contributed by atoms with Gasteiger partial charge in [0.15, 0.2) is 0 Å². The van der Waals surface area contributed by atoms with Gasteiger partial charge in [-0.25, -0.2) is 0 Å². The van der Waals surface area contributed by atoms with Crippen molar-refractivity contribution in [3.63, 3.8) is 0 Å². The minimum atomic E-state index is 0.0508. The fraction of sp³-hybridized carbons (Fsp3) is 0.600. The molecule has 3 rings (SSSR count). The largest absolute Gasteiger partial charge is 0.398 e. The van der Waals surface area contributed by atoms with Crippen molar-refractivity contribution in [2.45, 2.75) is 51.4 Å². The van der Waals surface area contributed by atoms with Crippen LogP contribution in [0.2, 0.25) is 0 Å². The van der Waals surface area contributed by atoms with Crippen molar-refractivity contribution in [3.05, 3.63) is 35.4 Å². The molecule has 3 nitrogen and oxygen atoms in total. The van der Waals surface area contributed by atoms with Crippen LogP contribution in [-0.2, 0) is 10.2 Å². The van der Waals surface area contributed by atoms with Gasteiger partial charge in [0.25, 0.3) is 0 Å². The van der Waals surface area contributed by atoms with E-state index < -0.39 is 0 Å². The highest BCUT2D eigenvalue weighted by Crippen LogP contribution is 2.41. The highest BCUT2D eigenvalue weighted by Gasteiger charge is 2.33. The van der Waals surface area contributed by atoms with Gasteiger partial charge in [0.2, 0.25) is 0 Å². The summed E-state index contributed by atoms with van der Waals surface area (Å²) in [5.74, 6) is 0. The third kappa shape index (κ3) is 3.31. The summed E-state index contributed by atoms with van der Waals surface area (Å²) in [5.41, 5.74) is 17.8. The molecule has 0 amide bonds. The van der Waals surface area contributed by atoms with E-state index in [1.54, 1.807) is 0 Å². The average molecular weight is 314 g/mol. The second-order valence-corrected chi connectivity index (χ2v) is 8.00. The van der Waals surface area contributed by atoms with E-state index in [0.717, 1.165) is 44.6 Å². The SMILES string of the molecule is CC1(C)CC=C(c2cc(C3(CN)CCOCC3)ccc2N)CC1. The number of hydrogen-bond donors (Lipinski definition) is 2. The minimum absolute atomic E-state index is 0.0508. The van der Waals surface area contributed by atoms with E-state index in [4.69, 9.17) is 16.2 Å². The lowest BCUT2D eigenvalue weighted by molar-refractivity contribution is 0.0529. The zero-order chi connectivity index (χ0) is 16.5. The summed E-state index contributed by atoms with van der Waals surface area (Å²) < 4.78 is 5.55. The zero-order valence-electron chi connectivity index (χ0n) is 14.5. The van der Waals surface area contributed by atoms with Crippen molar-refractivity contribution in [3.8, 4) is 0 Å². The first-order valence-corrected chi connectivity index (χ1v) is 8.83. The molecule has 2 aliphatic rings. The molecule has 0 bridgehead atoms. The summed E-state index contributed by atoms with van der Waals surface area (Å²) in [6, 6.07) is 6.54. The van der Waals surface area contributed by atoms with Crippen LogP contribution in [0.25, 0.3) is 5.57 Å². The van der Waals surface area contributed by atoms with Crippen LogP contribution in [0.5, 0.6) is 0 Å². The number of anilines is 1. The van der Waals surface area contributed by atoms with Gasteiger partial charge in [-0.3, -0.25) is 0 Å². The Morgan fingerprint density at radius 2 is 1.87 bits per heavy atom. The third-order valence-electron chi connectivity index (χ3n) is 5.82. The molecule has 0 unspecified atom stereocenters. The summed E-state index contributed by atoms with van der Waals surface area (Å²) in [4.78, 5) is 0. The van der Waals surface area contributed by atoms with Gasteiger partial charge < -0.3 is 16.2 Å². The summed E-state index contributed by atoms with van der Waals surface area (Å²) in [7, 11) is 0. The molecule has 1 aliphatic carbocycles. The van der Waals surface area contributed by atoms with Crippen LogP contribution in [-0.4, -0.2) is 19.8 Å². The van der Waals surface area contributed by atoms with Gasteiger partial charge in [-0.1, -0.05) is 26.0 Å². The molecule has 1 aromatic carbocycles. The van der Waals surface area contributed by atoms with Crippen LogP contribution >= 0.6 is 0 Å². The second-order valence-electron chi connectivity index (χ2n) is 8.00. The van der Waals surface area contributed by atoms with Crippen molar-refractivity contribution in [2.24, 2.45) is 11.1 Å². The van der Waals surface area contributed by atoms with E-state index in [1.165, 1.54) is 23.1 Å². The number of allylic oxidation sites excluding steroid dienone is 2. The van der Waals surface area contributed by atoms with Gasteiger partial charge in [-0.15, -0.1) is 0 Å². The van der Waals surface area contributed by atoms with Crippen LogP contribution in [0.1, 0.15) is 57.1 Å². The summed E-state index contributed by atoms with van der Waals surface area (Å²) in [5, 5.41) is 0. The Kier molecular flexibility index (Phi) is 4.52. The number of nitrogens with two attached hydrogens (primary N) is 2. The maximum atomic E-state index is 6.31. The van der Waals surface area contributed by atoms with E-state index in [9.17, 15) is 0 Å². The Morgan fingerprint density at radius 1 is 1.13 bits per heavy atom. The third-order valence-corrected chi connectivity index (χ3v) is 5.82. The molecule has 0 atom stereocenters. The normalized spacial score (nSPS) is 23.3. The Bertz CT molecular complexity index is 598. The molecule has 1 aromatic rings. The molecule has 3 heteroatoms. The van der Waals surface area contributed by atoms with Gasteiger partial charge in [-0.2, -0.15) is 0 Å². The first-order valence-electron chi connectivity index (χ1n) is 8.83. The van der Waals surface area contributed by atoms with Crippen molar-refractivity contribution < 1.29 is 4.74 Å². The van der Waals surface area contributed by atoms with Crippen molar-refractivity contribution >= 4 is 11.3 Å². The fourth-order valence-electron chi connectivity index (χ4n) is 3.86. The molecule has 126 valence electrons. The molecule has 1 heterocycles. The zero-order valence-corrected chi connectivity index (χ0v) is 14.5. The fourth-order valence-corrected chi connectivity index (χ4v) is 3.86. The Balaban J connectivity index is 1.95. The molecule has 0 aromatic heterocycles. The second kappa shape index (κ2) is 6.29. The smallest absolute Gasteiger partial charge is 0.0475 e. The maximum absolute atomic E-state index is 6.31. The topological polar surface area (TPSA) is 61.3 Å². The molecule has 1 aliphatic heterocycles. The van der Waals surface area contributed by atoms with Crippen molar-refractivity contribution in [2.75, 3.05) is 25.5 Å². The molecule has 1 saturated heterocycles. The number of rotatable bonds is 3. The molecule has 4 N–H and O–H groups in total. The first-order chi connectivity index (χ1) is 11.0. The number of nitrogen functional groups attached to an aromatic ring is 1. The molecular weight excluding hydrogens is 284 g/mol.